The number of carbonyl (C=O) groups excluding carboxylic acids is 2. The Kier molecular flexibility index (Phi) is 5.54. The van der Waals surface area contributed by atoms with E-state index >= 15 is 0 Å². The number of amides is 2. The van der Waals surface area contributed by atoms with Crippen LogP contribution in [0, 0.1) is 0 Å². The highest BCUT2D eigenvalue weighted by molar-refractivity contribution is 7.99. The van der Waals surface area contributed by atoms with Gasteiger partial charge in [-0.1, -0.05) is 42.5 Å². The van der Waals surface area contributed by atoms with Crippen molar-refractivity contribution in [3.05, 3.63) is 60.2 Å². The molecule has 4 nitrogen and oxygen atoms in total. The van der Waals surface area contributed by atoms with Gasteiger partial charge in [0.2, 0.25) is 11.8 Å². The molecule has 1 N–H and O–H groups in total. The van der Waals surface area contributed by atoms with Crippen LogP contribution < -0.4 is 10.2 Å². The summed E-state index contributed by atoms with van der Waals surface area (Å²) in [5.41, 5.74) is 2.71. The van der Waals surface area contributed by atoms with E-state index in [1.165, 1.54) is 5.56 Å². The molecule has 2 amide bonds. The molecule has 1 aliphatic heterocycles. The topological polar surface area (TPSA) is 49.4 Å². The van der Waals surface area contributed by atoms with Gasteiger partial charge in [0, 0.05) is 18.7 Å². The van der Waals surface area contributed by atoms with Crippen molar-refractivity contribution in [2.45, 2.75) is 18.6 Å². The van der Waals surface area contributed by atoms with Crippen molar-refractivity contribution < 1.29 is 9.59 Å². The second-order valence-electron chi connectivity index (χ2n) is 5.69. The molecular weight excluding hydrogens is 320 g/mol. The van der Waals surface area contributed by atoms with Crippen LogP contribution in [0.25, 0.3) is 0 Å². The minimum absolute atomic E-state index is 0.0463. The van der Waals surface area contributed by atoms with Crippen molar-refractivity contribution >= 4 is 35.0 Å². The third-order valence-electron chi connectivity index (χ3n) is 3.89. The van der Waals surface area contributed by atoms with Crippen LogP contribution in [0.15, 0.2) is 54.6 Å². The van der Waals surface area contributed by atoms with Gasteiger partial charge >= 0.3 is 0 Å². The summed E-state index contributed by atoms with van der Waals surface area (Å²) in [4.78, 5) is 25.9. The molecule has 1 heterocycles. The molecule has 0 saturated carbocycles. The molecule has 0 aliphatic carbocycles. The third-order valence-corrected chi connectivity index (χ3v) is 4.89. The van der Waals surface area contributed by atoms with E-state index in [4.69, 9.17) is 0 Å². The molecule has 1 fully saturated rings. The molecule has 124 valence electrons. The molecule has 0 radical (unpaired) electrons. The first-order valence-corrected chi connectivity index (χ1v) is 9.20. The maximum absolute atomic E-state index is 12.2. The number of hydrogen-bond donors (Lipinski definition) is 1. The summed E-state index contributed by atoms with van der Waals surface area (Å²) in [6, 6.07) is 17.6. The van der Waals surface area contributed by atoms with Crippen molar-refractivity contribution in [1.82, 2.24) is 0 Å². The van der Waals surface area contributed by atoms with Crippen molar-refractivity contribution in [2.24, 2.45) is 0 Å². The fraction of sp³-hybridized carbons (Fsp3) is 0.263. The number of para-hydroxylation sites is 2. The molecule has 0 unspecified atom stereocenters. The Morgan fingerprint density at radius 1 is 1.08 bits per heavy atom. The third kappa shape index (κ3) is 4.17. The molecule has 2 aromatic rings. The lowest BCUT2D eigenvalue weighted by molar-refractivity contribution is -0.117. The van der Waals surface area contributed by atoms with Crippen LogP contribution in [-0.4, -0.2) is 24.1 Å². The monoisotopic (exact) mass is 340 g/mol. The number of hydrogen-bond acceptors (Lipinski definition) is 3. The lowest BCUT2D eigenvalue weighted by Crippen LogP contribution is -2.26. The number of carbonyl (C=O) groups is 2. The summed E-state index contributed by atoms with van der Waals surface area (Å²) in [5, 5.41) is 2.94. The van der Waals surface area contributed by atoms with E-state index in [1.54, 1.807) is 16.7 Å². The Labute approximate surface area is 146 Å². The molecular formula is C19H20N2O2S. The Bertz CT molecular complexity index is 718. The fourth-order valence-corrected chi connectivity index (χ4v) is 3.53. The lowest BCUT2D eigenvalue weighted by Gasteiger charge is -2.19. The zero-order valence-electron chi connectivity index (χ0n) is 13.4. The fourth-order valence-electron chi connectivity index (χ4n) is 2.74. The number of benzene rings is 2. The minimum atomic E-state index is -0.0463. The average molecular weight is 340 g/mol. The van der Waals surface area contributed by atoms with Crippen LogP contribution in [0.1, 0.15) is 18.4 Å². The number of nitrogens with one attached hydrogen (secondary N) is 1. The molecule has 1 saturated heterocycles. The highest BCUT2D eigenvalue weighted by Gasteiger charge is 2.24. The molecule has 0 atom stereocenters. The van der Waals surface area contributed by atoms with Gasteiger partial charge in [-0.25, -0.2) is 0 Å². The SMILES string of the molecule is O=C(CSCc1ccccc1)Nc1ccccc1N1CCCC1=O. The number of thioether (sulfide) groups is 1. The zero-order chi connectivity index (χ0) is 16.8. The molecule has 0 spiro atoms. The lowest BCUT2D eigenvalue weighted by atomic mass is 10.2. The van der Waals surface area contributed by atoms with E-state index in [1.807, 2.05) is 42.5 Å². The first kappa shape index (κ1) is 16.6. The van der Waals surface area contributed by atoms with E-state index in [2.05, 4.69) is 17.4 Å². The highest BCUT2D eigenvalue weighted by Crippen LogP contribution is 2.29. The van der Waals surface area contributed by atoms with Gasteiger partial charge in [-0.3, -0.25) is 9.59 Å². The van der Waals surface area contributed by atoms with Gasteiger partial charge in [-0.05, 0) is 24.1 Å². The molecule has 0 aromatic heterocycles. The van der Waals surface area contributed by atoms with E-state index in [9.17, 15) is 9.59 Å². The average Bonchev–Trinajstić information content (AvgIpc) is 3.02. The van der Waals surface area contributed by atoms with Crippen LogP contribution >= 0.6 is 11.8 Å². The molecule has 24 heavy (non-hydrogen) atoms. The van der Waals surface area contributed by atoms with Gasteiger partial charge in [0.25, 0.3) is 0 Å². The predicted molar refractivity (Wildman–Crippen MR) is 99.3 cm³/mol. The summed E-state index contributed by atoms with van der Waals surface area (Å²) in [7, 11) is 0. The van der Waals surface area contributed by atoms with E-state index in [-0.39, 0.29) is 11.8 Å². The Morgan fingerprint density at radius 3 is 2.58 bits per heavy atom. The summed E-state index contributed by atoms with van der Waals surface area (Å²) in [6.07, 6.45) is 1.45. The standard InChI is InChI=1S/C19H20N2O2S/c22-18(14-24-13-15-7-2-1-3-8-15)20-16-9-4-5-10-17(16)21-12-6-11-19(21)23/h1-5,7-10H,6,11-14H2,(H,20,22). The van der Waals surface area contributed by atoms with Crippen LogP contribution in [0.4, 0.5) is 11.4 Å². The largest absolute Gasteiger partial charge is 0.324 e. The number of nitrogens with zero attached hydrogens (tertiary/aromatic N) is 1. The van der Waals surface area contributed by atoms with Crippen molar-refractivity contribution in [3.63, 3.8) is 0 Å². The second-order valence-corrected chi connectivity index (χ2v) is 6.68. The summed E-state index contributed by atoms with van der Waals surface area (Å²) >= 11 is 1.58. The normalized spacial score (nSPS) is 14.0. The summed E-state index contributed by atoms with van der Waals surface area (Å²) in [6.45, 7) is 0.717. The van der Waals surface area contributed by atoms with Gasteiger partial charge in [0.15, 0.2) is 0 Å². The van der Waals surface area contributed by atoms with E-state index in [0.717, 1.165) is 17.9 Å². The van der Waals surface area contributed by atoms with Crippen LogP contribution in [0.3, 0.4) is 0 Å². The van der Waals surface area contributed by atoms with E-state index in [0.29, 0.717) is 24.4 Å². The molecule has 2 aromatic carbocycles. The summed E-state index contributed by atoms with van der Waals surface area (Å²) in [5.74, 6) is 1.27. The Hall–Kier alpha value is -2.27. The number of rotatable bonds is 6. The van der Waals surface area contributed by atoms with Crippen molar-refractivity contribution in [1.29, 1.82) is 0 Å². The van der Waals surface area contributed by atoms with Gasteiger partial charge in [-0.15, -0.1) is 11.8 Å². The van der Waals surface area contributed by atoms with Crippen LogP contribution in [0.5, 0.6) is 0 Å². The van der Waals surface area contributed by atoms with E-state index < -0.39 is 0 Å². The smallest absolute Gasteiger partial charge is 0.234 e. The molecule has 1 aliphatic rings. The van der Waals surface area contributed by atoms with Gasteiger partial charge < -0.3 is 10.2 Å². The Morgan fingerprint density at radius 2 is 1.83 bits per heavy atom. The zero-order valence-corrected chi connectivity index (χ0v) is 14.2. The Balaban J connectivity index is 1.57. The van der Waals surface area contributed by atoms with Crippen molar-refractivity contribution in [3.8, 4) is 0 Å². The molecule has 5 heteroatoms. The van der Waals surface area contributed by atoms with Crippen molar-refractivity contribution in [2.75, 3.05) is 22.5 Å². The minimum Gasteiger partial charge on any atom is -0.324 e. The quantitative estimate of drug-likeness (QED) is 0.872. The van der Waals surface area contributed by atoms with Crippen LogP contribution in [-0.2, 0) is 15.3 Å². The highest BCUT2D eigenvalue weighted by atomic mass is 32.2. The second kappa shape index (κ2) is 8.02. The molecule has 0 bridgehead atoms. The van der Waals surface area contributed by atoms with Gasteiger partial charge in [-0.2, -0.15) is 0 Å². The maximum Gasteiger partial charge on any atom is 0.234 e. The van der Waals surface area contributed by atoms with Crippen LogP contribution in [0.2, 0.25) is 0 Å². The maximum atomic E-state index is 12.2. The summed E-state index contributed by atoms with van der Waals surface area (Å²) < 4.78 is 0. The van der Waals surface area contributed by atoms with Gasteiger partial charge in [0.1, 0.15) is 0 Å². The first-order valence-electron chi connectivity index (χ1n) is 8.05. The molecule has 3 rings (SSSR count). The predicted octanol–water partition coefficient (Wildman–Crippen LogP) is 3.69. The number of anilines is 2. The first-order chi connectivity index (χ1) is 11.7. The van der Waals surface area contributed by atoms with Gasteiger partial charge in [0.05, 0.1) is 17.1 Å².